The number of nitrogen functional groups attached to an aromatic ring is 1. The molecule has 0 saturated carbocycles. The van der Waals surface area contributed by atoms with Crippen LogP contribution in [0.15, 0.2) is 65.8 Å². The average Bonchev–Trinajstić information content (AvgIpc) is 2.74. The lowest BCUT2D eigenvalue weighted by molar-refractivity contribution is 0.0956. The molecule has 1 amide bonds. The van der Waals surface area contributed by atoms with E-state index in [-0.39, 0.29) is 12.5 Å². The zero-order valence-electron chi connectivity index (χ0n) is 16.8. The number of amides is 1. The molecule has 0 saturated heterocycles. The smallest absolute Gasteiger partial charge is 0.273 e. The zero-order valence-corrected chi connectivity index (χ0v) is 18.3. The Morgan fingerprint density at radius 1 is 1.06 bits per heavy atom. The van der Waals surface area contributed by atoms with Gasteiger partial charge in [-0.15, -0.1) is 0 Å². The minimum absolute atomic E-state index is 0.262. The number of benzene rings is 3. The van der Waals surface area contributed by atoms with E-state index in [0.717, 1.165) is 11.1 Å². The van der Waals surface area contributed by atoms with Gasteiger partial charge in [-0.05, 0) is 55.0 Å². The molecular weight excluding hydrogens is 437 g/mol. The van der Waals surface area contributed by atoms with Crippen molar-refractivity contribution in [1.29, 1.82) is 0 Å². The number of nitrogens with two attached hydrogens (primary N) is 1. The van der Waals surface area contributed by atoms with E-state index in [9.17, 15) is 4.79 Å². The van der Waals surface area contributed by atoms with Gasteiger partial charge >= 0.3 is 0 Å². The van der Waals surface area contributed by atoms with Crippen LogP contribution >= 0.6 is 23.2 Å². The lowest BCUT2D eigenvalue weighted by Gasteiger charge is -2.13. The van der Waals surface area contributed by atoms with Crippen LogP contribution in [0.1, 0.15) is 28.4 Å². The Morgan fingerprint density at radius 3 is 2.61 bits per heavy atom. The summed E-state index contributed by atoms with van der Waals surface area (Å²) >= 11 is 12.1. The molecule has 0 radical (unpaired) electrons. The van der Waals surface area contributed by atoms with Crippen molar-refractivity contribution in [2.45, 2.75) is 13.5 Å². The second kappa shape index (κ2) is 10.7. The van der Waals surface area contributed by atoms with Gasteiger partial charge in [0.1, 0.15) is 6.61 Å². The highest BCUT2D eigenvalue weighted by Gasteiger charge is 2.09. The van der Waals surface area contributed by atoms with E-state index >= 15 is 0 Å². The largest absolute Gasteiger partial charge is 0.490 e. The Kier molecular flexibility index (Phi) is 7.76. The molecule has 0 aliphatic rings. The highest BCUT2D eigenvalue weighted by molar-refractivity contribution is 6.35. The predicted molar refractivity (Wildman–Crippen MR) is 124 cm³/mol. The molecule has 0 aromatic heterocycles. The maximum Gasteiger partial charge on any atom is 0.273 e. The number of hydrogen-bond donors (Lipinski definition) is 2. The van der Waals surface area contributed by atoms with E-state index in [4.69, 9.17) is 38.4 Å². The Labute approximate surface area is 190 Å². The lowest BCUT2D eigenvalue weighted by atomic mass is 10.2. The minimum Gasteiger partial charge on any atom is -0.490 e. The van der Waals surface area contributed by atoms with Crippen molar-refractivity contribution in [3.63, 3.8) is 0 Å². The van der Waals surface area contributed by atoms with Crippen LogP contribution in [0.25, 0.3) is 0 Å². The summed E-state index contributed by atoms with van der Waals surface area (Å²) in [5, 5.41) is 5.09. The third-order valence-electron chi connectivity index (χ3n) is 4.25. The Morgan fingerprint density at radius 2 is 1.87 bits per heavy atom. The first-order valence-corrected chi connectivity index (χ1v) is 10.2. The molecule has 3 rings (SSSR count). The predicted octanol–water partition coefficient (Wildman–Crippen LogP) is 5.32. The van der Waals surface area contributed by atoms with Gasteiger partial charge in [0.2, 0.25) is 0 Å². The molecule has 0 spiro atoms. The van der Waals surface area contributed by atoms with Gasteiger partial charge in [0.25, 0.3) is 5.91 Å². The monoisotopic (exact) mass is 457 g/mol. The molecule has 6 nitrogen and oxygen atoms in total. The summed E-state index contributed by atoms with van der Waals surface area (Å²) in [6, 6.07) is 17.4. The van der Waals surface area contributed by atoms with Crippen molar-refractivity contribution in [2.75, 3.05) is 12.3 Å². The van der Waals surface area contributed by atoms with Crippen LogP contribution in [0.3, 0.4) is 0 Å². The normalized spacial score (nSPS) is 10.8. The van der Waals surface area contributed by atoms with Crippen molar-refractivity contribution in [3.05, 3.63) is 87.4 Å². The molecule has 0 heterocycles. The number of para-hydroxylation sites is 1. The Bertz CT molecular complexity index is 1100. The molecule has 3 N–H and O–H groups in total. The number of halogens is 2. The maximum atomic E-state index is 12.2. The number of hydrazone groups is 1. The number of rotatable bonds is 8. The van der Waals surface area contributed by atoms with Gasteiger partial charge in [-0.25, -0.2) is 5.43 Å². The highest BCUT2D eigenvalue weighted by atomic mass is 35.5. The first-order chi connectivity index (χ1) is 15.0. The van der Waals surface area contributed by atoms with Crippen LogP contribution in [0, 0.1) is 0 Å². The molecule has 31 heavy (non-hydrogen) atoms. The standard InChI is InChI=1S/C23H21Cl2N3O3/c1-2-30-22-11-15(13-27-28-23(29)18-5-3-4-6-20(18)26)7-10-21(22)31-14-16-8-9-17(24)12-19(16)25/h3-13H,2,14,26H2,1H3,(H,28,29)/b27-13-. The molecule has 160 valence electrons. The van der Waals surface area contributed by atoms with Crippen molar-refractivity contribution in [1.82, 2.24) is 5.43 Å². The van der Waals surface area contributed by atoms with Gasteiger partial charge in [-0.3, -0.25) is 4.79 Å². The number of hydrogen-bond acceptors (Lipinski definition) is 5. The zero-order chi connectivity index (χ0) is 22.2. The summed E-state index contributed by atoms with van der Waals surface area (Å²) in [6.45, 7) is 2.60. The number of carbonyl (C=O) groups excluding carboxylic acids is 1. The van der Waals surface area contributed by atoms with E-state index in [1.165, 1.54) is 6.21 Å². The molecule has 0 bridgehead atoms. The SMILES string of the molecule is CCOc1cc(/C=N\NC(=O)c2ccccc2N)ccc1OCc1ccc(Cl)cc1Cl. The molecule has 0 aliphatic heterocycles. The van der Waals surface area contributed by atoms with Gasteiger partial charge in [0.15, 0.2) is 11.5 Å². The number of nitrogens with zero attached hydrogens (tertiary/aromatic N) is 1. The van der Waals surface area contributed by atoms with Gasteiger partial charge in [-0.1, -0.05) is 41.4 Å². The summed E-state index contributed by atoms with van der Waals surface area (Å²) in [7, 11) is 0. The van der Waals surface area contributed by atoms with Crippen molar-refractivity contribution in [3.8, 4) is 11.5 Å². The molecule has 3 aromatic rings. The molecule has 0 fully saturated rings. The van der Waals surface area contributed by atoms with Crippen LogP contribution in [0.2, 0.25) is 10.0 Å². The second-order valence-corrected chi connectivity index (χ2v) is 7.29. The topological polar surface area (TPSA) is 85.9 Å². The third kappa shape index (κ3) is 6.13. The highest BCUT2D eigenvalue weighted by Crippen LogP contribution is 2.30. The molecule has 0 atom stereocenters. The van der Waals surface area contributed by atoms with Gasteiger partial charge in [-0.2, -0.15) is 5.10 Å². The summed E-state index contributed by atoms with van der Waals surface area (Å²) < 4.78 is 11.6. The van der Waals surface area contributed by atoms with Crippen LogP contribution in [0.5, 0.6) is 11.5 Å². The summed E-state index contributed by atoms with van der Waals surface area (Å²) in [4.78, 5) is 12.2. The van der Waals surface area contributed by atoms with Crippen LogP contribution in [-0.4, -0.2) is 18.7 Å². The first-order valence-electron chi connectivity index (χ1n) is 9.49. The van der Waals surface area contributed by atoms with E-state index in [1.54, 1.807) is 54.6 Å². The number of ether oxygens (including phenoxy) is 2. The van der Waals surface area contributed by atoms with Crippen molar-refractivity contribution in [2.24, 2.45) is 5.10 Å². The van der Waals surface area contributed by atoms with Crippen LogP contribution in [0.4, 0.5) is 5.69 Å². The molecule has 3 aromatic carbocycles. The lowest BCUT2D eigenvalue weighted by Crippen LogP contribution is -2.19. The Hall–Kier alpha value is -3.22. The molecule has 0 unspecified atom stereocenters. The third-order valence-corrected chi connectivity index (χ3v) is 4.84. The van der Waals surface area contributed by atoms with Crippen LogP contribution in [-0.2, 0) is 6.61 Å². The van der Waals surface area contributed by atoms with Gasteiger partial charge in [0.05, 0.1) is 18.4 Å². The molecule has 8 heteroatoms. The number of carbonyl (C=O) groups is 1. The molecule has 0 aliphatic carbocycles. The maximum absolute atomic E-state index is 12.2. The Balaban J connectivity index is 1.68. The number of anilines is 1. The van der Waals surface area contributed by atoms with Crippen molar-refractivity contribution >= 4 is 41.0 Å². The first kappa shape index (κ1) is 22.5. The van der Waals surface area contributed by atoms with E-state index in [0.29, 0.717) is 39.4 Å². The van der Waals surface area contributed by atoms with Crippen molar-refractivity contribution < 1.29 is 14.3 Å². The summed E-state index contributed by atoms with van der Waals surface area (Å²) in [6.07, 6.45) is 1.51. The second-order valence-electron chi connectivity index (χ2n) is 6.45. The van der Waals surface area contributed by atoms with Crippen LogP contribution < -0.4 is 20.6 Å². The van der Waals surface area contributed by atoms with Gasteiger partial charge in [0, 0.05) is 21.3 Å². The van der Waals surface area contributed by atoms with Gasteiger partial charge < -0.3 is 15.2 Å². The fourth-order valence-corrected chi connectivity index (χ4v) is 3.18. The fraction of sp³-hybridized carbons (Fsp3) is 0.130. The molecular formula is C23H21Cl2N3O3. The summed E-state index contributed by atoms with van der Waals surface area (Å²) in [5.74, 6) is 0.723. The average molecular weight is 458 g/mol. The summed E-state index contributed by atoms with van der Waals surface area (Å²) in [5.41, 5.74) is 10.5. The van der Waals surface area contributed by atoms with E-state index < -0.39 is 0 Å². The van der Waals surface area contributed by atoms with E-state index in [2.05, 4.69) is 10.5 Å². The van der Waals surface area contributed by atoms with E-state index in [1.807, 2.05) is 13.0 Å². The quantitative estimate of drug-likeness (QED) is 0.272. The number of nitrogens with one attached hydrogen (secondary N) is 1. The minimum atomic E-state index is -0.390. The fourth-order valence-electron chi connectivity index (χ4n) is 2.72.